The van der Waals surface area contributed by atoms with E-state index >= 15 is 0 Å². The summed E-state index contributed by atoms with van der Waals surface area (Å²) in [6, 6.07) is 27.0. The summed E-state index contributed by atoms with van der Waals surface area (Å²) >= 11 is 0. The van der Waals surface area contributed by atoms with Gasteiger partial charge < -0.3 is 10.2 Å². The van der Waals surface area contributed by atoms with E-state index in [2.05, 4.69) is 5.32 Å². The largest absolute Gasteiger partial charge is 0.336 e. The molecule has 0 aromatic heterocycles. The van der Waals surface area contributed by atoms with E-state index in [1.807, 2.05) is 84.9 Å². The van der Waals surface area contributed by atoms with Crippen LogP contribution in [0.1, 0.15) is 35.1 Å². The molecule has 0 bridgehead atoms. The van der Waals surface area contributed by atoms with Crippen LogP contribution in [0.2, 0.25) is 0 Å². The van der Waals surface area contributed by atoms with Crippen LogP contribution in [-0.4, -0.2) is 40.7 Å². The number of carbonyl (C=O) groups excluding carboxylic acids is 3. The smallest absolute Gasteiger partial charge is 0.325 e. The fourth-order valence-corrected chi connectivity index (χ4v) is 5.19. The molecule has 1 atom stereocenters. The Labute approximate surface area is 205 Å². The monoisotopic (exact) mass is 467 g/mol. The summed E-state index contributed by atoms with van der Waals surface area (Å²) in [5, 5.41) is 2.94. The molecule has 5 rings (SSSR count). The van der Waals surface area contributed by atoms with E-state index in [0.717, 1.165) is 40.0 Å². The fraction of sp³-hybridized carbons (Fsp3) is 0.276. The van der Waals surface area contributed by atoms with Crippen LogP contribution in [-0.2, 0) is 34.5 Å². The van der Waals surface area contributed by atoms with Crippen LogP contribution in [0.4, 0.5) is 4.79 Å². The van der Waals surface area contributed by atoms with Crippen LogP contribution in [0.3, 0.4) is 0 Å². The van der Waals surface area contributed by atoms with Crippen molar-refractivity contribution in [3.05, 3.63) is 107 Å². The predicted molar refractivity (Wildman–Crippen MR) is 133 cm³/mol. The van der Waals surface area contributed by atoms with Crippen LogP contribution < -0.4 is 5.32 Å². The van der Waals surface area contributed by atoms with E-state index in [0.29, 0.717) is 25.9 Å². The molecule has 6 nitrogen and oxygen atoms in total. The lowest BCUT2D eigenvalue weighted by atomic mass is 9.76. The molecule has 1 spiro atoms. The molecular formula is C29H29N3O3. The summed E-state index contributed by atoms with van der Waals surface area (Å²) in [7, 11) is 0. The number of nitrogens with zero attached hydrogens (tertiary/aromatic N) is 2. The number of amides is 4. The van der Waals surface area contributed by atoms with Crippen molar-refractivity contribution in [2.45, 2.75) is 37.8 Å². The molecule has 1 fully saturated rings. The lowest BCUT2D eigenvalue weighted by molar-refractivity contribution is -0.139. The highest BCUT2D eigenvalue weighted by Gasteiger charge is 2.54. The van der Waals surface area contributed by atoms with Crippen LogP contribution in [0.15, 0.2) is 84.9 Å². The topological polar surface area (TPSA) is 69.7 Å². The van der Waals surface area contributed by atoms with Crippen molar-refractivity contribution >= 4 is 17.8 Å². The number of rotatable bonds is 7. The number of imide groups is 1. The Balaban J connectivity index is 1.35. The lowest BCUT2D eigenvalue weighted by Crippen LogP contribution is -2.47. The zero-order valence-corrected chi connectivity index (χ0v) is 19.7. The van der Waals surface area contributed by atoms with E-state index in [1.165, 1.54) is 0 Å². The second-order valence-electron chi connectivity index (χ2n) is 9.27. The molecule has 1 saturated heterocycles. The minimum absolute atomic E-state index is 0.241. The second kappa shape index (κ2) is 9.74. The highest BCUT2D eigenvalue weighted by Crippen LogP contribution is 2.39. The maximum atomic E-state index is 13.6. The molecule has 1 heterocycles. The van der Waals surface area contributed by atoms with E-state index in [-0.39, 0.29) is 18.4 Å². The number of fused-ring (bicyclic) bond motifs is 2. The Morgan fingerprint density at radius 3 is 2.29 bits per heavy atom. The van der Waals surface area contributed by atoms with Crippen molar-refractivity contribution in [2.24, 2.45) is 0 Å². The Kier molecular flexibility index (Phi) is 6.36. The highest BCUT2D eigenvalue weighted by atomic mass is 16.2. The van der Waals surface area contributed by atoms with Crippen molar-refractivity contribution in [2.75, 3.05) is 13.1 Å². The molecule has 1 unspecified atom stereocenters. The van der Waals surface area contributed by atoms with Gasteiger partial charge in [-0.3, -0.25) is 14.5 Å². The van der Waals surface area contributed by atoms with Gasteiger partial charge in [-0.2, -0.15) is 0 Å². The van der Waals surface area contributed by atoms with Crippen molar-refractivity contribution in [3.63, 3.8) is 0 Å². The summed E-state index contributed by atoms with van der Waals surface area (Å²) in [5.41, 5.74) is 2.99. The molecule has 1 aliphatic carbocycles. The van der Waals surface area contributed by atoms with Gasteiger partial charge >= 0.3 is 6.03 Å². The molecule has 3 aromatic rings. The number of carbonyl (C=O) groups is 3. The first-order valence-electron chi connectivity index (χ1n) is 12.1. The molecule has 2 aliphatic rings. The average Bonchev–Trinajstić information content (AvgIpc) is 3.12. The lowest BCUT2D eigenvalue weighted by Gasteiger charge is -2.33. The van der Waals surface area contributed by atoms with E-state index in [9.17, 15) is 14.4 Å². The van der Waals surface area contributed by atoms with Crippen LogP contribution in [0.5, 0.6) is 0 Å². The minimum atomic E-state index is -1.07. The molecule has 178 valence electrons. The minimum Gasteiger partial charge on any atom is -0.336 e. The summed E-state index contributed by atoms with van der Waals surface area (Å²) in [6.07, 6.45) is 2.92. The van der Waals surface area contributed by atoms with E-state index < -0.39 is 11.6 Å². The van der Waals surface area contributed by atoms with Crippen molar-refractivity contribution < 1.29 is 14.4 Å². The van der Waals surface area contributed by atoms with Gasteiger partial charge in [0.2, 0.25) is 5.91 Å². The Morgan fingerprint density at radius 2 is 1.54 bits per heavy atom. The standard InChI is InChI=1S/C29H29N3O3/c33-26(31(20-23-12-5-2-6-13-23)19-17-22-10-3-1-4-11-22)21-32-27(34)29(30-28(32)35)18-9-15-24-14-7-8-16-25(24)29/h1-8,10-14,16H,9,15,17-21H2,(H,30,35). The van der Waals surface area contributed by atoms with Gasteiger partial charge in [0.05, 0.1) is 0 Å². The van der Waals surface area contributed by atoms with Gasteiger partial charge in [-0.1, -0.05) is 84.9 Å². The molecular weight excluding hydrogens is 438 g/mol. The number of benzene rings is 3. The first kappa shape index (κ1) is 22.8. The van der Waals surface area contributed by atoms with Gasteiger partial charge in [-0.05, 0) is 47.9 Å². The summed E-state index contributed by atoms with van der Waals surface area (Å²) < 4.78 is 0. The molecule has 4 amide bonds. The van der Waals surface area contributed by atoms with Crippen LogP contribution in [0, 0.1) is 0 Å². The average molecular weight is 468 g/mol. The summed E-state index contributed by atoms with van der Waals surface area (Å²) in [6.45, 7) is 0.649. The molecule has 35 heavy (non-hydrogen) atoms. The third-order valence-corrected chi connectivity index (χ3v) is 7.03. The van der Waals surface area contributed by atoms with Crippen molar-refractivity contribution in [3.8, 4) is 0 Å². The van der Waals surface area contributed by atoms with Crippen LogP contribution in [0.25, 0.3) is 0 Å². The van der Waals surface area contributed by atoms with E-state index in [1.54, 1.807) is 4.90 Å². The van der Waals surface area contributed by atoms with Gasteiger partial charge in [0, 0.05) is 13.1 Å². The maximum absolute atomic E-state index is 13.6. The molecule has 1 N–H and O–H groups in total. The Hall–Kier alpha value is -3.93. The molecule has 1 aliphatic heterocycles. The number of urea groups is 1. The molecule has 3 aromatic carbocycles. The number of aryl methyl sites for hydroxylation is 1. The van der Waals surface area contributed by atoms with Crippen molar-refractivity contribution in [1.29, 1.82) is 0 Å². The third kappa shape index (κ3) is 4.56. The second-order valence-corrected chi connectivity index (χ2v) is 9.27. The number of hydrogen-bond donors (Lipinski definition) is 1. The zero-order chi connectivity index (χ0) is 24.3. The summed E-state index contributed by atoms with van der Waals surface area (Å²) in [5.74, 6) is -0.569. The molecule has 6 heteroatoms. The van der Waals surface area contributed by atoms with E-state index in [4.69, 9.17) is 0 Å². The number of nitrogens with one attached hydrogen (secondary N) is 1. The highest BCUT2D eigenvalue weighted by molar-refractivity contribution is 6.09. The molecule has 0 saturated carbocycles. The molecule has 0 radical (unpaired) electrons. The van der Waals surface area contributed by atoms with Gasteiger partial charge in [-0.25, -0.2) is 4.79 Å². The number of hydrogen-bond acceptors (Lipinski definition) is 3. The van der Waals surface area contributed by atoms with Crippen molar-refractivity contribution in [1.82, 2.24) is 15.1 Å². The summed E-state index contributed by atoms with van der Waals surface area (Å²) in [4.78, 5) is 42.9. The SMILES string of the molecule is O=C(CN1C(=O)NC2(CCCc3ccccc32)C1=O)N(CCc1ccccc1)Cc1ccccc1. The maximum Gasteiger partial charge on any atom is 0.325 e. The zero-order valence-electron chi connectivity index (χ0n) is 19.7. The first-order valence-corrected chi connectivity index (χ1v) is 12.1. The predicted octanol–water partition coefficient (Wildman–Crippen LogP) is 4.04. The van der Waals surface area contributed by atoms with Gasteiger partial charge in [0.15, 0.2) is 0 Å². The van der Waals surface area contributed by atoms with Gasteiger partial charge in [0.1, 0.15) is 12.1 Å². The first-order chi connectivity index (χ1) is 17.1. The quantitative estimate of drug-likeness (QED) is 0.533. The normalized spacial score (nSPS) is 18.9. The Bertz CT molecular complexity index is 1230. The third-order valence-electron chi connectivity index (χ3n) is 7.03. The van der Waals surface area contributed by atoms with Gasteiger partial charge in [-0.15, -0.1) is 0 Å². The van der Waals surface area contributed by atoms with Crippen LogP contribution >= 0.6 is 0 Å². The fourth-order valence-electron chi connectivity index (χ4n) is 5.19. The van der Waals surface area contributed by atoms with Gasteiger partial charge in [0.25, 0.3) is 5.91 Å². The Morgan fingerprint density at radius 1 is 0.886 bits per heavy atom.